The SMILES string of the molecule is Cc1ccc(Nc2nc(C)cc(N3CCN(S(=O)(=O)Cc4ccccc4F)CC3)n2)cc1. The van der Waals surface area contributed by atoms with Crippen molar-refractivity contribution in [3.8, 4) is 0 Å². The van der Waals surface area contributed by atoms with Crippen molar-refractivity contribution in [1.82, 2.24) is 14.3 Å². The Morgan fingerprint density at radius 2 is 1.66 bits per heavy atom. The summed E-state index contributed by atoms with van der Waals surface area (Å²) in [6.07, 6.45) is 0. The summed E-state index contributed by atoms with van der Waals surface area (Å²) in [6, 6.07) is 15.9. The molecule has 0 radical (unpaired) electrons. The summed E-state index contributed by atoms with van der Waals surface area (Å²) in [5, 5.41) is 3.23. The number of hydrogen-bond acceptors (Lipinski definition) is 6. The molecule has 168 valence electrons. The molecule has 1 aromatic heterocycles. The molecule has 1 aliphatic heterocycles. The summed E-state index contributed by atoms with van der Waals surface area (Å²) >= 11 is 0. The van der Waals surface area contributed by atoms with E-state index in [1.165, 1.54) is 22.0 Å². The van der Waals surface area contributed by atoms with Crippen LogP contribution in [0.1, 0.15) is 16.8 Å². The third kappa shape index (κ3) is 5.23. The van der Waals surface area contributed by atoms with Gasteiger partial charge in [0.15, 0.2) is 0 Å². The van der Waals surface area contributed by atoms with Crippen LogP contribution in [-0.2, 0) is 15.8 Å². The van der Waals surface area contributed by atoms with Gasteiger partial charge < -0.3 is 10.2 Å². The van der Waals surface area contributed by atoms with Gasteiger partial charge in [-0.15, -0.1) is 0 Å². The molecule has 1 saturated heterocycles. The normalized spacial score (nSPS) is 15.0. The fourth-order valence-electron chi connectivity index (χ4n) is 3.63. The number of rotatable bonds is 6. The third-order valence-corrected chi connectivity index (χ3v) is 7.23. The maximum absolute atomic E-state index is 13.9. The van der Waals surface area contributed by atoms with Crippen LogP contribution in [0.3, 0.4) is 0 Å². The lowest BCUT2D eigenvalue weighted by Gasteiger charge is -2.34. The summed E-state index contributed by atoms with van der Waals surface area (Å²) in [6.45, 7) is 5.57. The number of benzene rings is 2. The van der Waals surface area contributed by atoms with Gasteiger partial charge in [-0.05, 0) is 32.0 Å². The lowest BCUT2D eigenvalue weighted by Crippen LogP contribution is -2.49. The highest BCUT2D eigenvalue weighted by atomic mass is 32.2. The molecule has 0 unspecified atom stereocenters. The smallest absolute Gasteiger partial charge is 0.229 e. The topological polar surface area (TPSA) is 78.4 Å². The lowest BCUT2D eigenvalue weighted by atomic mass is 10.2. The van der Waals surface area contributed by atoms with Gasteiger partial charge in [0, 0.05) is 49.2 Å². The molecular weight excluding hydrogens is 429 g/mol. The predicted octanol–water partition coefficient (Wildman–Crippen LogP) is 3.63. The lowest BCUT2D eigenvalue weighted by molar-refractivity contribution is 0.383. The Morgan fingerprint density at radius 1 is 0.969 bits per heavy atom. The number of hydrogen-bond donors (Lipinski definition) is 1. The Balaban J connectivity index is 1.43. The molecule has 2 aromatic carbocycles. The monoisotopic (exact) mass is 455 g/mol. The molecule has 2 heterocycles. The molecule has 3 aromatic rings. The fourth-order valence-corrected chi connectivity index (χ4v) is 5.16. The first-order valence-electron chi connectivity index (χ1n) is 10.5. The van der Waals surface area contributed by atoms with Crippen LogP contribution in [0.25, 0.3) is 0 Å². The van der Waals surface area contributed by atoms with Crippen molar-refractivity contribution in [2.45, 2.75) is 19.6 Å². The van der Waals surface area contributed by atoms with Gasteiger partial charge in [-0.2, -0.15) is 9.29 Å². The Hall–Kier alpha value is -3.04. The summed E-state index contributed by atoms with van der Waals surface area (Å²) in [5.74, 6) is 0.410. The van der Waals surface area contributed by atoms with Crippen molar-refractivity contribution in [1.29, 1.82) is 0 Å². The number of aromatic nitrogens is 2. The molecule has 0 saturated carbocycles. The van der Waals surface area contributed by atoms with Gasteiger partial charge in [0.05, 0.1) is 5.75 Å². The molecule has 0 bridgehead atoms. The zero-order valence-corrected chi connectivity index (χ0v) is 18.9. The summed E-state index contributed by atoms with van der Waals surface area (Å²) in [7, 11) is -3.60. The standard InChI is InChI=1S/C23H26FN5O2S/c1-17-7-9-20(10-8-17)26-23-25-18(2)15-22(27-23)28-11-13-29(14-12-28)32(30,31)16-19-5-3-4-6-21(19)24/h3-10,15H,11-14,16H2,1-2H3,(H,25,26,27). The van der Waals surface area contributed by atoms with E-state index in [0.717, 1.165) is 17.2 Å². The average molecular weight is 456 g/mol. The molecule has 0 aliphatic carbocycles. The minimum Gasteiger partial charge on any atom is -0.354 e. The molecule has 1 aliphatic rings. The van der Waals surface area contributed by atoms with Gasteiger partial charge >= 0.3 is 0 Å². The molecule has 9 heteroatoms. The number of aryl methyl sites for hydroxylation is 2. The van der Waals surface area contributed by atoms with Gasteiger partial charge in [-0.1, -0.05) is 35.9 Å². The first kappa shape index (κ1) is 22.2. The minimum absolute atomic E-state index is 0.188. The van der Waals surface area contributed by atoms with Crippen LogP contribution in [0, 0.1) is 19.7 Å². The van der Waals surface area contributed by atoms with E-state index in [0.29, 0.717) is 32.1 Å². The van der Waals surface area contributed by atoms with Gasteiger partial charge in [-0.3, -0.25) is 0 Å². The van der Waals surface area contributed by atoms with Crippen LogP contribution in [0.5, 0.6) is 0 Å². The first-order chi connectivity index (χ1) is 15.3. The van der Waals surface area contributed by atoms with E-state index >= 15 is 0 Å². The molecule has 1 fully saturated rings. The number of anilines is 3. The predicted molar refractivity (Wildman–Crippen MR) is 124 cm³/mol. The first-order valence-corrected chi connectivity index (χ1v) is 12.1. The average Bonchev–Trinajstić information content (AvgIpc) is 2.77. The quantitative estimate of drug-likeness (QED) is 0.612. The zero-order chi connectivity index (χ0) is 22.7. The van der Waals surface area contributed by atoms with Crippen molar-refractivity contribution in [2.24, 2.45) is 0 Å². The van der Waals surface area contributed by atoms with Gasteiger partial charge in [0.1, 0.15) is 11.6 Å². The molecule has 1 N–H and O–H groups in total. The molecule has 0 amide bonds. The summed E-state index contributed by atoms with van der Waals surface area (Å²) in [5.41, 5.74) is 3.08. The highest BCUT2D eigenvalue weighted by molar-refractivity contribution is 7.88. The second-order valence-electron chi connectivity index (χ2n) is 7.92. The van der Waals surface area contributed by atoms with Crippen molar-refractivity contribution < 1.29 is 12.8 Å². The van der Waals surface area contributed by atoms with Crippen molar-refractivity contribution in [3.05, 3.63) is 77.2 Å². The Kier molecular flexibility index (Phi) is 6.38. The molecular formula is C23H26FN5O2S. The van der Waals surface area contributed by atoms with Gasteiger partial charge in [-0.25, -0.2) is 17.8 Å². The zero-order valence-electron chi connectivity index (χ0n) is 18.1. The van der Waals surface area contributed by atoms with Crippen LogP contribution in [0.2, 0.25) is 0 Å². The third-order valence-electron chi connectivity index (χ3n) is 5.40. The molecule has 7 nitrogen and oxygen atoms in total. The van der Waals surface area contributed by atoms with E-state index in [1.54, 1.807) is 12.1 Å². The largest absolute Gasteiger partial charge is 0.354 e. The number of halogens is 1. The maximum atomic E-state index is 13.9. The van der Waals surface area contributed by atoms with E-state index in [9.17, 15) is 12.8 Å². The van der Waals surface area contributed by atoms with E-state index in [2.05, 4.69) is 15.3 Å². The second-order valence-corrected chi connectivity index (χ2v) is 9.88. The number of nitrogens with one attached hydrogen (secondary N) is 1. The van der Waals surface area contributed by atoms with E-state index in [1.807, 2.05) is 49.1 Å². The highest BCUT2D eigenvalue weighted by Crippen LogP contribution is 2.22. The summed E-state index contributed by atoms with van der Waals surface area (Å²) in [4.78, 5) is 11.1. The molecule has 4 rings (SSSR count). The van der Waals surface area contributed by atoms with Crippen LogP contribution in [0.4, 0.5) is 21.8 Å². The van der Waals surface area contributed by atoms with Crippen molar-refractivity contribution in [3.63, 3.8) is 0 Å². The second kappa shape index (κ2) is 9.22. The number of nitrogens with zero attached hydrogens (tertiary/aromatic N) is 4. The van der Waals surface area contributed by atoms with E-state index in [4.69, 9.17) is 0 Å². The Morgan fingerprint density at radius 3 is 2.34 bits per heavy atom. The van der Waals surface area contributed by atoms with Crippen LogP contribution in [-0.4, -0.2) is 48.9 Å². The van der Waals surface area contributed by atoms with E-state index < -0.39 is 15.8 Å². The Labute approximate surface area is 188 Å². The highest BCUT2D eigenvalue weighted by Gasteiger charge is 2.28. The van der Waals surface area contributed by atoms with E-state index in [-0.39, 0.29) is 11.3 Å². The fraction of sp³-hybridized carbons (Fsp3) is 0.304. The summed E-state index contributed by atoms with van der Waals surface area (Å²) < 4.78 is 40.9. The van der Waals surface area contributed by atoms with Gasteiger partial charge in [0.2, 0.25) is 16.0 Å². The number of sulfonamides is 1. The Bertz CT molecular complexity index is 1190. The number of piperazine rings is 1. The van der Waals surface area contributed by atoms with Crippen molar-refractivity contribution >= 4 is 27.5 Å². The van der Waals surface area contributed by atoms with Crippen molar-refractivity contribution in [2.75, 3.05) is 36.4 Å². The molecule has 0 atom stereocenters. The molecule has 0 spiro atoms. The maximum Gasteiger partial charge on any atom is 0.229 e. The minimum atomic E-state index is -3.60. The van der Waals surface area contributed by atoms with Crippen LogP contribution in [0.15, 0.2) is 54.6 Å². The molecule has 32 heavy (non-hydrogen) atoms. The van der Waals surface area contributed by atoms with Crippen LogP contribution < -0.4 is 10.2 Å². The van der Waals surface area contributed by atoms with Crippen LogP contribution >= 0.6 is 0 Å². The van der Waals surface area contributed by atoms with Gasteiger partial charge in [0.25, 0.3) is 0 Å².